The van der Waals surface area contributed by atoms with Gasteiger partial charge in [-0.2, -0.15) is 4.68 Å². The molecule has 0 atom stereocenters. The third kappa shape index (κ3) is 3.20. The van der Waals surface area contributed by atoms with Crippen LogP contribution in [0.25, 0.3) is 5.82 Å². The summed E-state index contributed by atoms with van der Waals surface area (Å²) in [7, 11) is 1.77. The lowest BCUT2D eigenvalue weighted by Gasteiger charge is -2.15. The maximum absolute atomic E-state index is 12.0. The summed E-state index contributed by atoms with van der Waals surface area (Å²) in [5.74, 6) is -0.446. The Morgan fingerprint density at radius 2 is 2.27 bits per heavy atom. The fourth-order valence-corrected chi connectivity index (χ4v) is 1.81. The van der Waals surface area contributed by atoms with E-state index in [0.29, 0.717) is 12.2 Å². The number of nitrogen functional groups attached to an aromatic ring is 1. The fraction of sp³-hybridized carbons (Fsp3) is 0.545. The van der Waals surface area contributed by atoms with Gasteiger partial charge in [0.25, 0.3) is 0 Å². The maximum atomic E-state index is 12.0. The van der Waals surface area contributed by atoms with Gasteiger partial charge in [-0.25, -0.2) is 9.42 Å². The van der Waals surface area contributed by atoms with Gasteiger partial charge in [-0.1, -0.05) is 5.21 Å². The van der Waals surface area contributed by atoms with E-state index >= 15 is 0 Å². The average Bonchev–Trinajstić information content (AvgIpc) is 3.05. The molecular weight excluding hydrogens is 294 g/mol. The largest absolute Gasteiger partial charge is 0.461 e. The van der Waals surface area contributed by atoms with E-state index in [0.717, 1.165) is 0 Å². The second-order valence-corrected chi connectivity index (χ2v) is 4.45. The minimum Gasteiger partial charge on any atom is -0.461 e. The maximum Gasteiger partial charge on any atom is 0.360 e. The van der Waals surface area contributed by atoms with Gasteiger partial charge in [0.15, 0.2) is 5.69 Å². The number of aliphatic hydroxyl groups is 1. The molecule has 120 valence electrons. The van der Waals surface area contributed by atoms with Crippen LogP contribution in [0.15, 0.2) is 4.63 Å². The van der Waals surface area contributed by atoms with Crippen molar-refractivity contribution in [3.63, 3.8) is 0 Å². The van der Waals surface area contributed by atoms with Gasteiger partial charge in [-0.3, -0.25) is 4.90 Å². The number of carbonyl (C=O) groups excluding carboxylic acids is 1. The van der Waals surface area contributed by atoms with Crippen molar-refractivity contribution in [2.24, 2.45) is 0 Å². The molecule has 0 aromatic carbocycles. The minimum atomic E-state index is -0.601. The summed E-state index contributed by atoms with van der Waals surface area (Å²) in [6.45, 7) is 2.55. The van der Waals surface area contributed by atoms with Gasteiger partial charge in [0.05, 0.1) is 18.9 Å². The smallest absolute Gasteiger partial charge is 0.360 e. The minimum absolute atomic E-state index is 0.0198. The Labute approximate surface area is 125 Å². The Morgan fingerprint density at radius 3 is 2.86 bits per heavy atom. The van der Waals surface area contributed by atoms with Crippen molar-refractivity contribution in [2.75, 3.05) is 32.5 Å². The molecule has 3 N–H and O–H groups in total. The highest BCUT2D eigenvalue weighted by Gasteiger charge is 2.25. The molecule has 11 nitrogen and oxygen atoms in total. The van der Waals surface area contributed by atoms with Crippen LogP contribution in [0.2, 0.25) is 0 Å². The van der Waals surface area contributed by atoms with Crippen molar-refractivity contribution in [3.8, 4) is 5.82 Å². The molecule has 22 heavy (non-hydrogen) atoms. The fourth-order valence-electron chi connectivity index (χ4n) is 1.81. The van der Waals surface area contributed by atoms with Crippen LogP contribution in [0.5, 0.6) is 0 Å². The number of esters is 1. The molecule has 0 amide bonds. The van der Waals surface area contributed by atoms with Crippen LogP contribution in [0, 0.1) is 0 Å². The second-order valence-electron chi connectivity index (χ2n) is 4.45. The number of aromatic nitrogens is 5. The standard InChI is InChI=1S/C11H17N7O4/c1-3-21-11(20)8-7(6-17(2)4-5-19)18(16-13-8)10-9(12)14-22-15-10/h19H,3-6H2,1-2H3,(H2,12,14). The molecule has 2 rings (SSSR count). The summed E-state index contributed by atoms with van der Waals surface area (Å²) in [5, 5.41) is 23.8. The van der Waals surface area contributed by atoms with Crippen molar-refractivity contribution in [1.82, 2.24) is 30.2 Å². The molecule has 0 saturated heterocycles. The van der Waals surface area contributed by atoms with Crippen LogP contribution in [0.4, 0.5) is 5.82 Å². The molecule has 0 aliphatic carbocycles. The Balaban J connectivity index is 2.41. The van der Waals surface area contributed by atoms with Gasteiger partial charge < -0.3 is 15.6 Å². The summed E-state index contributed by atoms with van der Waals surface area (Å²) in [5.41, 5.74) is 6.11. The Kier molecular flexibility index (Phi) is 5.01. The number of likely N-dealkylation sites (N-methyl/N-ethyl adjacent to an activating group) is 1. The van der Waals surface area contributed by atoms with Crippen LogP contribution in [0.3, 0.4) is 0 Å². The number of rotatable bonds is 7. The first kappa shape index (κ1) is 15.9. The normalized spacial score (nSPS) is 11.1. The number of hydrogen-bond donors (Lipinski definition) is 2. The monoisotopic (exact) mass is 311 g/mol. The number of aliphatic hydroxyl groups excluding tert-OH is 1. The predicted octanol–water partition coefficient (Wildman–Crippen LogP) is -1.17. The number of ether oxygens (including phenoxy) is 1. The lowest BCUT2D eigenvalue weighted by Crippen LogP contribution is -2.25. The lowest BCUT2D eigenvalue weighted by atomic mass is 10.3. The van der Waals surface area contributed by atoms with E-state index in [-0.39, 0.29) is 37.1 Å². The van der Waals surface area contributed by atoms with E-state index < -0.39 is 5.97 Å². The van der Waals surface area contributed by atoms with Gasteiger partial charge in [-0.05, 0) is 24.3 Å². The summed E-state index contributed by atoms with van der Waals surface area (Å²) in [6.07, 6.45) is 0. The van der Waals surface area contributed by atoms with E-state index in [2.05, 4.69) is 25.3 Å². The summed E-state index contributed by atoms with van der Waals surface area (Å²) >= 11 is 0. The zero-order valence-corrected chi connectivity index (χ0v) is 12.3. The number of carbonyl (C=O) groups is 1. The van der Waals surface area contributed by atoms with Crippen LogP contribution < -0.4 is 5.73 Å². The van der Waals surface area contributed by atoms with Gasteiger partial charge >= 0.3 is 5.97 Å². The van der Waals surface area contributed by atoms with Gasteiger partial charge in [-0.15, -0.1) is 5.10 Å². The first-order valence-electron chi connectivity index (χ1n) is 6.58. The SMILES string of the molecule is CCOC(=O)c1nnn(-c2nonc2N)c1CN(C)CCO. The van der Waals surface area contributed by atoms with Crippen LogP contribution >= 0.6 is 0 Å². The Hall–Kier alpha value is -2.53. The third-order valence-electron chi connectivity index (χ3n) is 2.83. The van der Waals surface area contributed by atoms with E-state index in [1.807, 2.05) is 0 Å². The predicted molar refractivity (Wildman–Crippen MR) is 73.0 cm³/mol. The zero-order chi connectivity index (χ0) is 16.1. The van der Waals surface area contributed by atoms with Crippen molar-refractivity contribution in [1.29, 1.82) is 0 Å². The molecule has 0 spiro atoms. The van der Waals surface area contributed by atoms with E-state index in [1.165, 1.54) is 4.68 Å². The quantitative estimate of drug-likeness (QED) is 0.600. The number of hydrogen-bond acceptors (Lipinski definition) is 10. The summed E-state index contributed by atoms with van der Waals surface area (Å²) in [6, 6.07) is 0. The van der Waals surface area contributed by atoms with Crippen LogP contribution in [-0.2, 0) is 11.3 Å². The summed E-state index contributed by atoms with van der Waals surface area (Å²) in [4.78, 5) is 13.8. The number of nitrogens with zero attached hydrogens (tertiary/aromatic N) is 6. The van der Waals surface area contributed by atoms with E-state index in [4.69, 9.17) is 15.6 Å². The van der Waals surface area contributed by atoms with Crippen molar-refractivity contribution in [3.05, 3.63) is 11.4 Å². The highest BCUT2D eigenvalue weighted by Crippen LogP contribution is 2.17. The number of nitrogens with two attached hydrogens (primary N) is 1. The van der Waals surface area contributed by atoms with Crippen molar-refractivity contribution in [2.45, 2.75) is 13.5 Å². The molecule has 0 fully saturated rings. The van der Waals surface area contributed by atoms with Crippen LogP contribution in [-0.4, -0.2) is 68.1 Å². The third-order valence-corrected chi connectivity index (χ3v) is 2.83. The Bertz CT molecular complexity index is 638. The molecule has 11 heteroatoms. The topological polar surface area (TPSA) is 145 Å². The van der Waals surface area contributed by atoms with E-state index in [9.17, 15) is 4.79 Å². The molecule has 0 unspecified atom stereocenters. The van der Waals surface area contributed by atoms with Crippen LogP contribution in [0.1, 0.15) is 23.1 Å². The van der Waals surface area contributed by atoms with Crippen molar-refractivity contribution < 1.29 is 19.3 Å². The molecular formula is C11H17N7O4. The highest BCUT2D eigenvalue weighted by atomic mass is 16.6. The first-order valence-corrected chi connectivity index (χ1v) is 6.58. The lowest BCUT2D eigenvalue weighted by molar-refractivity contribution is 0.0517. The van der Waals surface area contributed by atoms with Gasteiger partial charge in [0.2, 0.25) is 11.6 Å². The second kappa shape index (κ2) is 6.95. The molecule has 0 radical (unpaired) electrons. The molecule has 0 aliphatic rings. The Morgan fingerprint density at radius 1 is 1.50 bits per heavy atom. The molecule has 2 aromatic rings. The van der Waals surface area contributed by atoms with E-state index in [1.54, 1.807) is 18.9 Å². The summed E-state index contributed by atoms with van der Waals surface area (Å²) < 4.78 is 10.8. The van der Waals surface area contributed by atoms with Gasteiger partial charge in [0.1, 0.15) is 0 Å². The molecule has 2 aromatic heterocycles. The number of anilines is 1. The van der Waals surface area contributed by atoms with Crippen molar-refractivity contribution >= 4 is 11.8 Å². The first-order chi connectivity index (χ1) is 10.6. The molecule has 0 saturated carbocycles. The molecule has 0 bridgehead atoms. The zero-order valence-electron chi connectivity index (χ0n) is 12.3. The molecule has 2 heterocycles. The highest BCUT2D eigenvalue weighted by molar-refractivity contribution is 5.88. The average molecular weight is 311 g/mol. The molecule has 0 aliphatic heterocycles. The van der Waals surface area contributed by atoms with Gasteiger partial charge in [0, 0.05) is 13.1 Å².